The molecule has 0 saturated carbocycles. The van der Waals surface area contributed by atoms with E-state index < -0.39 is 23.5 Å². The van der Waals surface area contributed by atoms with Crippen LogP contribution in [-0.4, -0.2) is 43.4 Å². The Bertz CT molecular complexity index is 335. The Morgan fingerprint density at radius 3 is 2.15 bits per heavy atom. The van der Waals surface area contributed by atoms with Crippen LogP contribution in [-0.2, 0) is 9.53 Å². The molecule has 0 aliphatic carbocycles. The van der Waals surface area contributed by atoms with Crippen molar-refractivity contribution in [2.24, 2.45) is 10.8 Å². The summed E-state index contributed by atoms with van der Waals surface area (Å²) in [6.07, 6.45) is 0.811. The van der Waals surface area contributed by atoms with Crippen molar-refractivity contribution >= 4 is 12.0 Å². The van der Waals surface area contributed by atoms with Crippen molar-refractivity contribution in [1.82, 2.24) is 10.6 Å². The number of carboxylic acids is 1. The molecular formula is C14H28N2O4. The monoisotopic (exact) mass is 288 g/mol. The van der Waals surface area contributed by atoms with Gasteiger partial charge >= 0.3 is 12.0 Å². The smallest absolute Gasteiger partial charge is 0.326 e. The van der Waals surface area contributed by atoms with Crippen LogP contribution in [0, 0.1) is 10.8 Å². The van der Waals surface area contributed by atoms with Gasteiger partial charge in [-0.1, -0.05) is 34.6 Å². The van der Waals surface area contributed by atoms with Crippen molar-refractivity contribution in [3.63, 3.8) is 0 Å². The Balaban J connectivity index is 4.38. The molecule has 0 heterocycles. The first kappa shape index (κ1) is 18.7. The fourth-order valence-corrected chi connectivity index (χ4v) is 1.62. The predicted molar refractivity (Wildman–Crippen MR) is 77.7 cm³/mol. The standard InChI is InChI=1S/C14H28N2O4/c1-13(2,3)10(11(17)18)16-12(19)15-9-14(4,5)7-8-20-6/h10H,7-9H2,1-6H3,(H,17,18)(H2,15,16,19)/t10-/m1/s1. The van der Waals surface area contributed by atoms with Crippen LogP contribution in [0.4, 0.5) is 4.79 Å². The molecule has 0 rings (SSSR count). The minimum absolute atomic E-state index is 0.103. The molecule has 3 N–H and O–H groups in total. The molecule has 20 heavy (non-hydrogen) atoms. The first-order valence-electron chi connectivity index (χ1n) is 6.76. The number of aliphatic carboxylic acids is 1. The van der Waals surface area contributed by atoms with Crippen LogP contribution in [0.3, 0.4) is 0 Å². The number of nitrogens with one attached hydrogen (secondary N) is 2. The minimum atomic E-state index is -1.04. The van der Waals surface area contributed by atoms with E-state index in [4.69, 9.17) is 9.84 Å². The van der Waals surface area contributed by atoms with Gasteiger partial charge in [-0.25, -0.2) is 9.59 Å². The van der Waals surface area contributed by atoms with Crippen LogP contribution in [0.5, 0.6) is 0 Å². The van der Waals surface area contributed by atoms with E-state index in [-0.39, 0.29) is 5.41 Å². The number of carbonyl (C=O) groups excluding carboxylic acids is 1. The molecule has 0 aromatic carbocycles. The van der Waals surface area contributed by atoms with Crippen molar-refractivity contribution in [2.45, 2.75) is 47.1 Å². The lowest BCUT2D eigenvalue weighted by molar-refractivity contribution is -0.141. The van der Waals surface area contributed by atoms with Gasteiger partial charge in [-0.15, -0.1) is 0 Å². The zero-order valence-corrected chi connectivity index (χ0v) is 13.4. The highest BCUT2D eigenvalue weighted by Gasteiger charge is 2.32. The first-order chi connectivity index (χ1) is 8.99. The van der Waals surface area contributed by atoms with Gasteiger partial charge in [0.15, 0.2) is 0 Å². The Hall–Kier alpha value is -1.30. The summed E-state index contributed by atoms with van der Waals surface area (Å²) in [5, 5.41) is 14.4. The van der Waals surface area contributed by atoms with Gasteiger partial charge in [-0.05, 0) is 17.3 Å². The lowest BCUT2D eigenvalue weighted by Gasteiger charge is -2.29. The van der Waals surface area contributed by atoms with E-state index in [0.717, 1.165) is 6.42 Å². The van der Waals surface area contributed by atoms with E-state index in [9.17, 15) is 9.59 Å². The van der Waals surface area contributed by atoms with Crippen LogP contribution in [0.1, 0.15) is 41.0 Å². The Morgan fingerprint density at radius 2 is 1.75 bits per heavy atom. The Morgan fingerprint density at radius 1 is 1.20 bits per heavy atom. The highest BCUT2D eigenvalue weighted by atomic mass is 16.5. The highest BCUT2D eigenvalue weighted by Crippen LogP contribution is 2.20. The van der Waals surface area contributed by atoms with Gasteiger partial charge in [-0.3, -0.25) is 0 Å². The lowest BCUT2D eigenvalue weighted by atomic mass is 9.87. The third-order valence-electron chi connectivity index (χ3n) is 3.10. The van der Waals surface area contributed by atoms with Crippen LogP contribution < -0.4 is 10.6 Å². The van der Waals surface area contributed by atoms with Gasteiger partial charge in [0, 0.05) is 20.3 Å². The van der Waals surface area contributed by atoms with Crippen molar-refractivity contribution in [3.05, 3.63) is 0 Å². The molecule has 0 bridgehead atoms. The molecule has 0 aromatic heterocycles. The quantitative estimate of drug-likeness (QED) is 0.667. The number of ether oxygens (including phenoxy) is 1. The molecule has 2 amide bonds. The largest absolute Gasteiger partial charge is 0.480 e. The van der Waals surface area contributed by atoms with Gasteiger partial charge in [0.1, 0.15) is 6.04 Å². The number of carbonyl (C=O) groups is 2. The zero-order chi connectivity index (χ0) is 16.0. The summed E-state index contributed by atoms with van der Waals surface area (Å²) in [7, 11) is 1.64. The average Bonchev–Trinajstić information content (AvgIpc) is 2.29. The maximum atomic E-state index is 11.8. The second kappa shape index (κ2) is 7.47. The molecule has 6 nitrogen and oxygen atoms in total. The number of hydrogen-bond acceptors (Lipinski definition) is 3. The number of amides is 2. The summed E-state index contributed by atoms with van der Waals surface area (Å²) < 4.78 is 5.02. The highest BCUT2D eigenvalue weighted by molar-refractivity contribution is 5.83. The summed E-state index contributed by atoms with van der Waals surface area (Å²) in [6.45, 7) is 10.4. The molecule has 118 valence electrons. The van der Waals surface area contributed by atoms with Crippen molar-refractivity contribution in [1.29, 1.82) is 0 Å². The third-order valence-corrected chi connectivity index (χ3v) is 3.10. The summed E-state index contributed by atoms with van der Waals surface area (Å²) in [5.74, 6) is -1.04. The number of rotatable bonds is 7. The van der Waals surface area contributed by atoms with Crippen LogP contribution in [0.15, 0.2) is 0 Å². The van der Waals surface area contributed by atoms with Crippen molar-refractivity contribution in [3.8, 4) is 0 Å². The summed E-state index contributed by atoms with van der Waals surface area (Å²) >= 11 is 0. The molecule has 0 saturated heterocycles. The van der Waals surface area contributed by atoms with Gasteiger partial charge in [0.25, 0.3) is 0 Å². The fraction of sp³-hybridized carbons (Fsp3) is 0.857. The number of hydrogen-bond donors (Lipinski definition) is 3. The second-order valence-corrected chi connectivity index (χ2v) is 6.87. The van der Waals surface area contributed by atoms with E-state index in [1.165, 1.54) is 0 Å². The fourth-order valence-electron chi connectivity index (χ4n) is 1.62. The van der Waals surface area contributed by atoms with Gasteiger partial charge in [0.05, 0.1) is 0 Å². The molecule has 0 unspecified atom stereocenters. The Labute approximate surface area is 121 Å². The van der Waals surface area contributed by atoms with E-state index in [2.05, 4.69) is 10.6 Å². The maximum Gasteiger partial charge on any atom is 0.326 e. The van der Waals surface area contributed by atoms with Gasteiger partial charge in [0.2, 0.25) is 0 Å². The zero-order valence-electron chi connectivity index (χ0n) is 13.4. The van der Waals surface area contributed by atoms with E-state index in [1.54, 1.807) is 27.9 Å². The lowest BCUT2D eigenvalue weighted by Crippen LogP contribution is -2.53. The van der Waals surface area contributed by atoms with Crippen molar-refractivity contribution < 1.29 is 19.4 Å². The Kier molecular flexibility index (Phi) is 6.99. The van der Waals surface area contributed by atoms with Gasteiger partial charge in [-0.2, -0.15) is 0 Å². The van der Waals surface area contributed by atoms with Crippen LogP contribution >= 0.6 is 0 Å². The number of urea groups is 1. The van der Waals surface area contributed by atoms with Crippen LogP contribution in [0.25, 0.3) is 0 Å². The minimum Gasteiger partial charge on any atom is -0.480 e. The molecule has 0 spiro atoms. The average molecular weight is 288 g/mol. The van der Waals surface area contributed by atoms with E-state index >= 15 is 0 Å². The molecule has 0 fully saturated rings. The molecular weight excluding hydrogens is 260 g/mol. The maximum absolute atomic E-state index is 11.8. The predicted octanol–water partition coefficient (Wildman–Crippen LogP) is 1.85. The van der Waals surface area contributed by atoms with E-state index in [1.807, 2.05) is 13.8 Å². The molecule has 1 atom stereocenters. The third kappa shape index (κ3) is 7.33. The SMILES string of the molecule is COCCC(C)(C)CNC(=O)N[C@H](C(=O)O)C(C)(C)C. The summed E-state index contributed by atoms with van der Waals surface area (Å²) in [5.41, 5.74) is -0.650. The number of carboxylic acid groups (broad SMARTS) is 1. The normalized spacial score (nSPS) is 13.7. The topological polar surface area (TPSA) is 87.7 Å². The molecule has 0 aliphatic heterocycles. The molecule has 0 aromatic rings. The van der Waals surface area contributed by atoms with Gasteiger partial charge < -0.3 is 20.5 Å². The summed E-state index contributed by atoms with van der Waals surface area (Å²) in [4.78, 5) is 23.0. The van der Waals surface area contributed by atoms with E-state index in [0.29, 0.717) is 13.2 Å². The molecule has 6 heteroatoms. The van der Waals surface area contributed by atoms with Crippen molar-refractivity contribution in [2.75, 3.05) is 20.3 Å². The second-order valence-electron chi connectivity index (χ2n) is 6.87. The molecule has 0 aliphatic rings. The first-order valence-corrected chi connectivity index (χ1v) is 6.76. The number of methoxy groups -OCH3 is 1. The molecule has 0 radical (unpaired) electrons. The summed E-state index contributed by atoms with van der Waals surface area (Å²) in [6, 6.07) is -1.39. The van der Waals surface area contributed by atoms with Crippen LogP contribution in [0.2, 0.25) is 0 Å².